The van der Waals surface area contributed by atoms with Gasteiger partial charge in [-0.2, -0.15) is 13.2 Å². The minimum Gasteiger partial charge on any atom is -0.356 e. The van der Waals surface area contributed by atoms with E-state index in [1.54, 1.807) is 18.2 Å². The number of hydrogen-bond donors (Lipinski definition) is 3. The Morgan fingerprint density at radius 2 is 1.94 bits per heavy atom. The number of nitrogens with one attached hydrogen (secondary N) is 3. The average molecular weight is 445 g/mol. The van der Waals surface area contributed by atoms with Gasteiger partial charge in [0.05, 0.1) is 16.7 Å². The van der Waals surface area contributed by atoms with Crippen LogP contribution in [0.15, 0.2) is 41.2 Å². The topological polar surface area (TPSA) is 93.9 Å². The van der Waals surface area contributed by atoms with E-state index in [-0.39, 0.29) is 5.82 Å². The summed E-state index contributed by atoms with van der Waals surface area (Å²) in [7, 11) is 0. The molecule has 1 amide bonds. The third-order valence-corrected chi connectivity index (χ3v) is 5.50. The predicted molar refractivity (Wildman–Crippen MR) is 116 cm³/mol. The Kier molecular flexibility index (Phi) is 5.77. The molecule has 1 aromatic carbocycles. The van der Waals surface area contributed by atoms with E-state index < -0.39 is 23.5 Å². The first-order valence-corrected chi connectivity index (χ1v) is 10.2. The number of aromatic nitrogens is 3. The molecule has 0 saturated carbocycles. The van der Waals surface area contributed by atoms with Gasteiger partial charge in [0.25, 0.3) is 0 Å². The van der Waals surface area contributed by atoms with Gasteiger partial charge >= 0.3 is 11.9 Å². The van der Waals surface area contributed by atoms with Crippen molar-refractivity contribution in [1.82, 2.24) is 15.0 Å². The van der Waals surface area contributed by atoms with Crippen LogP contribution < -0.4 is 15.9 Å². The molecule has 2 aromatic heterocycles. The number of nitrogens with zero attached hydrogens (tertiary/aromatic N) is 2. The van der Waals surface area contributed by atoms with Gasteiger partial charge in [-0.25, -0.2) is 9.78 Å². The van der Waals surface area contributed by atoms with Crippen LogP contribution >= 0.6 is 0 Å². The highest BCUT2D eigenvalue weighted by Crippen LogP contribution is 2.32. The number of piperidine rings is 1. The number of amides is 1. The molecule has 1 saturated heterocycles. The number of para-hydroxylation sites is 1. The molecular weight excluding hydrogens is 423 g/mol. The van der Waals surface area contributed by atoms with Crippen molar-refractivity contribution in [2.45, 2.75) is 25.9 Å². The third kappa shape index (κ3) is 4.68. The molecule has 7 nitrogen and oxygen atoms in total. The van der Waals surface area contributed by atoms with Crippen LogP contribution in [0.4, 0.5) is 24.7 Å². The van der Waals surface area contributed by atoms with Crippen molar-refractivity contribution in [2.24, 2.45) is 5.92 Å². The standard InChI is InChI=1S/C22H22F3N5O2/c1-13-9-11-30(12-10-13)20-14(5-7-17(28-20)22(23,24)25)6-8-18(31)26-15-3-2-4-16-19(15)29-21(32)27-16/h2-8,13H,9-12H2,1H3,(H,26,31)(H2,27,29,32)/b8-6+. The number of alkyl halides is 3. The van der Waals surface area contributed by atoms with Crippen LogP contribution in [0.1, 0.15) is 31.0 Å². The first-order valence-electron chi connectivity index (χ1n) is 10.2. The highest BCUT2D eigenvalue weighted by Gasteiger charge is 2.33. The number of anilines is 2. The predicted octanol–water partition coefficient (Wildman–Crippen LogP) is 4.16. The fourth-order valence-electron chi connectivity index (χ4n) is 3.72. The maximum atomic E-state index is 13.2. The molecule has 3 heterocycles. The Hall–Kier alpha value is -3.56. The van der Waals surface area contributed by atoms with Crippen LogP contribution in [-0.2, 0) is 11.0 Å². The summed E-state index contributed by atoms with van der Waals surface area (Å²) in [6.07, 6.45) is -0.135. The second kappa shape index (κ2) is 8.52. The fourth-order valence-corrected chi connectivity index (χ4v) is 3.72. The van der Waals surface area contributed by atoms with E-state index in [4.69, 9.17) is 0 Å². The van der Waals surface area contributed by atoms with Gasteiger partial charge in [0.15, 0.2) is 0 Å². The molecule has 4 rings (SSSR count). The summed E-state index contributed by atoms with van der Waals surface area (Å²) < 4.78 is 39.7. The van der Waals surface area contributed by atoms with E-state index in [0.29, 0.717) is 41.3 Å². The number of aromatic amines is 2. The smallest absolute Gasteiger partial charge is 0.356 e. The van der Waals surface area contributed by atoms with E-state index in [1.165, 1.54) is 18.2 Å². The second-order valence-electron chi connectivity index (χ2n) is 7.91. The molecule has 32 heavy (non-hydrogen) atoms. The van der Waals surface area contributed by atoms with E-state index in [1.807, 2.05) is 4.90 Å². The molecule has 1 fully saturated rings. The van der Waals surface area contributed by atoms with Crippen LogP contribution in [0.5, 0.6) is 0 Å². The molecule has 168 valence electrons. The number of rotatable bonds is 4. The molecule has 0 bridgehead atoms. The fraction of sp³-hybridized carbons (Fsp3) is 0.318. The highest BCUT2D eigenvalue weighted by molar-refractivity contribution is 6.06. The molecule has 0 radical (unpaired) electrons. The Morgan fingerprint density at radius 1 is 1.19 bits per heavy atom. The van der Waals surface area contributed by atoms with Crippen LogP contribution in [0.25, 0.3) is 17.1 Å². The molecule has 0 aliphatic carbocycles. The zero-order valence-electron chi connectivity index (χ0n) is 17.3. The van der Waals surface area contributed by atoms with Gasteiger partial charge in [-0.05, 0) is 49.1 Å². The number of hydrogen-bond acceptors (Lipinski definition) is 4. The van der Waals surface area contributed by atoms with E-state index in [0.717, 1.165) is 18.9 Å². The number of carbonyl (C=O) groups is 1. The quantitative estimate of drug-likeness (QED) is 0.526. The molecule has 1 aliphatic heterocycles. The van der Waals surface area contributed by atoms with Gasteiger partial charge in [0.2, 0.25) is 5.91 Å². The SMILES string of the molecule is CC1CCN(c2nc(C(F)(F)F)ccc2/C=C/C(=O)Nc2cccc3[nH]c(=O)[nH]c23)CC1. The van der Waals surface area contributed by atoms with Crippen LogP contribution in [0.3, 0.4) is 0 Å². The maximum absolute atomic E-state index is 13.2. The summed E-state index contributed by atoms with van der Waals surface area (Å²) in [6, 6.07) is 7.26. The molecule has 0 spiro atoms. The summed E-state index contributed by atoms with van der Waals surface area (Å²) in [4.78, 5) is 34.9. The molecule has 1 aliphatic rings. The normalized spacial score (nSPS) is 15.6. The minimum atomic E-state index is -4.55. The van der Waals surface area contributed by atoms with E-state index >= 15 is 0 Å². The van der Waals surface area contributed by atoms with Gasteiger partial charge in [-0.3, -0.25) is 4.79 Å². The van der Waals surface area contributed by atoms with Gasteiger partial charge in [0, 0.05) is 24.7 Å². The first kappa shape index (κ1) is 21.7. The minimum absolute atomic E-state index is 0.216. The summed E-state index contributed by atoms with van der Waals surface area (Å²) in [5, 5.41) is 2.68. The molecule has 0 atom stereocenters. The molecular formula is C22H22F3N5O2. The van der Waals surface area contributed by atoms with Crippen LogP contribution in [0, 0.1) is 5.92 Å². The average Bonchev–Trinajstić information content (AvgIpc) is 3.13. The Labute approximate surface area is 181 Å². The maximum Gasteiger partial charge on any atom is 0.433 e. The van der Waals surface area contributed by atoms with Gasteiger partial charge in [0.1, 0.15) is 11.5 Å². The van der Waals surface area contributed by atoms with Gasteiger partial charge in [-0.1, -0.05) is 13.0 Å². The summed E-state index contributed by atoms with van der Waals surface area (Å²) in [5.41, 5.74) is 0.482. The monoisotopic (exact) mass is 445 g/mol. The van der Waals surface area contributed by atoms with Crippen molar-refractivity contribution in [3.63, 3.8) is 0 Å². The molecule has 3 N–H and O–H groups in total. The zero-order chi connectivity index (χ0) is 22.9. The van der Waals surface area contributed by atoms with Gasteiger partial charge in [-0.15, -0.1) is 0 Å². The Balaban J connectivity index is 1.59. The lowest BCUT2D eigenvalue weighted by Crippen LogP contribution is -2.34. The second-order valence-corrected chi connectivity index (χ2v) is 7.91. The summed E-state index contributed by atoms with van der Waals surface area (Å²) in [6.45, 7) is 3.32. The van der Waals surface area contributed by atoms with Crippen molar-refractivity contribution in [2.75, 3.05) is 23.3 Å². The van der Waals surface area contributed by atoms with Crippen molar-refractivity contribution in [3.8, 4) is 0 Å². The van der Waals surface area contributed by atoms with E-state index in [9.17, 15) is 22.8 Å². The number of imidazole rings is 1. The van der Waals surface area contributed by atoms with Crippen molar-refractivity contribution >= 4 is 34.5 Å². The number of fused-ring (bicyclic) bond motifs is 1. The zero-order valence-corrected chi connectivity index (χ0v) is 17.3. The van der Waals surface area contributed by atoms with Crippen LogP contribution in [-0.4, -0.2) is 33.9 Å². The van der Waals surface area contributed by atoms with E-state index in [2.05, 4.69) is 27.2 Å². The van der Waals surface area contributed by atoms with Crippen LogP contribution in [0.2, 0.25) is 0 Å². The Morgan fingerprint density at radius 3 is 2.66 bits per heavy atom. The number of carbonyl (C=O) groups excluding carboxylic acids is 1. The van der Waals surface area contributed by atoms with Crippen molar-refractivity contribution in [1.29, 1.82) is 0 Å². The largest absolute Gasteiger partial charge is 0.433 e. The number of pyridine rings is 1. The third-order valence-electron chi connectivity index (χ3n) is 5.50. The lowest BCUT2D eigenvalue weighted by Gasteiger charge is -2.32. The number of H-pyrrole nitrogens is 2. The molecule has 0 unspecified atom stereocenters. The Bertz CT molecular complexity index is 1220. The first-order chi connectivity index (χ1) is 15.2. The summed E-state index contributed by atoms with van der Waals surface area (Å²) >= 11 is 0. The molecule has 10 heteroatoms. The van der Waals surface area contributed by atoms with Crippen molar-refractivity contribution in [3.05, 3.63) is 58.1 Å². The lowest BCUT2D eigenvalue weighted by atomic mass is 9.99. The van der Waals surface area contributed by atoms with Gasteiger partial charge < -0.3 is 20.2 Å². The number of benzene rings is 1. The van der Waals surface area contributed by atoms with Crippen molar-refractivity contribution < 1.29 is 18.0 Å². The summed E-state index contributed by atoms with van der Waals surface area (Å²) in [5.74, 6) is 0.231. The lowest BCUT2D eigenvalue weighted by molar-refractivity contribution is -0.141. The number of halogens is 3. The molecule has 3 aromatic rings. The highest BCUT2D eigenvalue weighted by atomic mass is 19.4.